The number of hydrogen-bond donors (Lipinski definition) is 0. The average molecular weight is 1090 g/mol. The fourth-order valence-electron chi connectivity index (χ4n) is 9.88. The predicted octanol–water partition coefficient (Wildman–Crippen LogP) is 23.3. The quantitative estimate of drug-likeness (QED) is 0.0261. The molecule has 0 N–H and O–H groups in total. The lowest BCUT2D eigenvalue weighted by atomic mass is 10.0. The van der Waals surface area contributed by atoms with Crippen molar-refractivity contribution >= 4 is 17.9 Å². The van der Waals surface area contributed by atoms with Crippen molar-refractivity contribution in [3.63, 3.8) is 0 Å². The van der Waals surface area contributed by atoms with Gasteiger partial charge in [-0.25, -0.2) is 0 Å². The molecule has 1 atom stereocenters. The molecule has 0 aliphatic heterocycles. The molecule has 0 aromatic carbocycles. The first kappa shape index (κ1) is 74.8. The molecule has 78 heavy (non-hydrogen) atoms. The van der Waals surface area contributed by atoms with Crippen LogP contribution in [0.15, 0.2) is 72.9 Å². The first-order chi connectivity index (χ1) is 38.5. The number of allylic oxidation sites excluding steroid dienone is 12. The fourth-order valence-corrected chi connectivity index (χ4v) is 9.88. The molecule has 0 aromatic heterocycles. The Morgan fingerprint density at radius 2 is 0.500 bits per heavy atom. The number of esters is 3. The number of carbonyl (C=O) groups is 3. The Balaban J connectivity index is 4.20. The molecular formula is C72H128O6. The van der Waals surface area contributed by atoms with Crippen LogP contribution in [0.4, 0.5) is 0 Å². The highest BCUT2D eigenvalue weighted by molar-refractivity contribution is 5.71. The van der Waals surface area contributed by atoms with E-state index in [1.54, 1.807) is 0 Å². The summed E-state index contributed by atoms with van der Waals surface area (Å²) in [5, 5.41) is 0. The molecule has 0 bridgehead atoms. The summed E-state index contributed by atoms with van der Waals surface area (Å²) < 4.78 is 17.0. The largest absolute Gasteiger partial charge is 0.462 e. The summed E-state index contributed by atoms with van der Waals surface area (Å²) in [5.74, 6) is -0.856. The standard InChI is InChI=1S/C72H128O6/c1-4-7-10-13-16-19-22-25-27-29-31-32-33-34-35-36-37-38-39-40-42-43-45-47-50-53-56-59-62-65-71(74)77-68-69(67-76-70(73)64-61-58-55-52-49-24-21-18-15-12-9-6-3)78-72(75)66-63-60-57-54-51-48-46-44-41-30-28-26-23-20-17-14-11-8-5-2/h7,10,16-17,19-20,25-28,31-32,69H,4-6,8-9,11-15,18,21-24,29-30,33-68H2,1-3H3/b10-7-,19-16-,20-17-,27-25-,28-26-,32-31-. The molecule has 6 nitrogen and oxygen atoms in total. The summed E-state index contributed by atoms with van der Waals surface area (Å²) in [6.45, 7) is 6.54. The zero-order valence-corrected chi connectivity index (χ0v) is 51.9. The molecule has 1 unspecified atom stereocenters. The second-order valence-electron chi connectivity index (χ2n) is 22.7. The van der Waals surface area contributed by atoms with Crippen molar-refractivity contribution in [1.82, 2.24) is 0 Å². The van der Waals surface area contributed by atoms with Gasteiger partial charge in [-0.1, -0.05) is 312 Å². The maximum Gasteiger partial charge on any atom is 0.306 e. The van der Waals surface area contributed by atoms with Crippen molar-refractivity contribution in [2.75, 3.05) is 13.2 Å². The molecule has 0 aromatic rings. The maximum absolute atomic E-state index is 12.9. The van der Waals surface area contributed by atoms with Crippen LogP contribution in [0.25, 0.3) is 0 Å². The molecule has 0 fully saturated rings. The van der Waals surface area contributed by atoms with E-state index in [1.165, 1.54) is 218 Å². The van der Waals surface area contributed by atoms with Crippen molar-refractivity contribution < 1.29 is 28.6 Å². The van der Waals surface area contributed by atoms with Crippen molar-refractivity contribution in [1.29, 1.82) is 0 Å². The van der Waals surface area contributed by atoms with Gasteiger partial charge in [-0.2, -0.15) is 0 Å². The van der Waals surface area contributed by atoms with E-state index in [0.29, 0.717) is 19.3 Å². The number of ether oxygens (including phenoxy) is 3. The second kappa shape index (κ2) is 66.4. The Morgan fingerprint density at radius 3 is 0.808 bits per heavy atom. The minimum Gasteiger partial charge on any atom is -0.462 e. The number of unbranched alkanes of at least 4 members (excludes halogenated alkanes) is 39. The van der Waals surface area contributed by atoms with E-state index in [-0.39, 0.29) is 31.1 Å². The van der Waals surface area contributed by atoms with Gasteiger partial charge in [-0.15, -0.1) is 0 Å². The van der Waals surface area contributed by atoms with Crippen LogP contribution in [0.3, 0.4) is 0 Å². The first-order valence-corrected chi connectivity index (χ1v) is 33.9. The maximum atomic E-state index is 12.9. The van der Waals surface area contributed by atoms with Crippen LogP contribution in [0, 0.1) is 0 Å². The Morgan fingerprint density at radius 1 is 0.269 bits per heavy atom. The summed E-state index contributed by atoms with van der Waals surface area (Å²) in [6, 6.07) is 0. The van der Waals surface area contributed by atoms with Gasteiger partial charge in [0.25, 0.3) is 0 Å². The third kappa shape index (κ3) is 63.7. The van der Waals surface area contributed by atoms with Gasteiger partial charge in [0.1, 0.15) is 13.2 Å². The van der Waals surface area contributed by atoms with Crippen LogP contribution in [0.5, 0.6) is 0 Å². The van der Waals surface area contributed by atoms with E-state index >= 15 is 0 Å². The molecule has 0 aliphatic carbocycles. The highest BCUT2D eigenvalue weighted by Crippen LogP contribution is 2.17. The molecule has 452 valence electrons. The Labute approximate surface area is 484 Å². The fraction of sp³-hybridized carbons (Fsp3) is 0.792. The van der Waals surface area contributed by atoms with Gasteiger partial charge >= 0.3 is 17.9 Å². The zero-order valence-electron chi connectivity index (χ0n) is 51.9. The van der Waals surface area contributed by atoms with Crippen molar-refractivity contribution in [3.05, 3.63) is 72.9 Å². The average Bonchev–Trinajstić information content (AvgIpc) is 3.44. The summed E-state index contributed by atoms with van der Waals surface area (Å²) in [7, 11) is 0. The van der Waals surface area contributed by atoms with E-state index in [0.717, 1.165) is 89.9 Å². The molecule has 0 spiro atoms. The predicted molar refractivity (Wildman–Crippen MR) is 339 cm³/mol. The zero-order chi connectivity index (χ0) is 56.4. The van der Waals surface area contributed by atoms with E-state index < -0.39 is 6.10 Å². The summed E-state index contributed by atoms with van der Waals surface area (Å²) >= 11 is 0. The molecule has 6 heteroatoms. The van der Waals surface area contributed by atoms with Crippen LogP contribution in [0.1, 0.15) is 348 Å². The molecule has 0 radical (unpaired) electrons. The van der Waals surface area contributed by atoms with Gasteiger partial charge in [-0.3, -0.25) is 14.4 Å². The smallest absolute Gasteiger partial charge is 0.306 e. The summed E-state index contributed by atoms with van der Waals surface area (Å²) in [4.78, 5) is 38.3. The van der Waals surface area contributed by atoms with Gasteiger partial charge in [0.15, 0.2) is 6.10 Å². The number of hydrogen-bond acceptors (Lipinski definition) is 6. The van der Waals surface area contributed by atoms with E-state index in [1.807, 2.05) is 0 Å². The minimum atomic E-state index is -0.775. The van der Waals surface area contributed by atoms with Gasteiger partial charge in [0.2, 0.25) is 0 Å². The van der Waals surface area contributed by atoms with Crippen molar-refractivity contribution in [3.8, 4) is 0 Å². The Kier molecular flexibility index (Phi) is 63.7. The molecule has 0 saturated carbocycles. The van der Waals surface area contributed by atoms with E-state index in [4.69, 9.17) is 14.2 Å². The third-order valence-electron chi connectivity index (χ3n) is 14.9. The molecule has 0 saturated heterocycles. The lowest BCUT2D eigenvalue weighted by Gasteiger charge is -2.18. The lowest BCUT2D eigenvalue weighted by Crippen LogP contribution is -2.30. The Bertz CT molecular complexity index is 1440. The van der Waals surface area contributed by atoms with Gasteiger partial charge < -0.3 is 14.2 Å². The van der Waals surface area contributed by atoms with Crippen molar-refractivity contribution in [2.45, 2.75) is 354 Å². The summed E-state index contributed by atoms with van der Waals surface area (Å²) in [5.41, 5.74) is 0. The third-order valence-corrected chi connectivity index (χ3v) is 14.9. The lowest BCUT2D eigenvalue weighted by molar-refractivity contribution is -0.167. The van der Waals surface area contributed by atoms with E-state index in [9.17, 15) is 14.4 Å². The van der Waals surface area contributed by atoms with E-state index in [2.05, 4.69) is 93.7 Å². The second-order valence-corrected chi connectivity index (χ2v) is 22.7. The van der Waals surface area contributed by atoms with Gasteiger partial charge in [0, 0.05) is 19.3 Å². The molecular weight excluding hydrogens is 961 g/mol. The highest BCUT2D eigenvalue weighted by Gasteiger charge is 2.19. The topological polar surface area (TPSA) is 78.9 Å². The van der Waals surface area contributed by atoms with Gasteiger partial charge in [-0.05, 0) is 89.9 Å². The minimum absolute atomic E-state index is 0.0719. The van der Waals surface area contributed by atoms with Crippen LogP contribution >= 0.6 is 0 Å². The molecule has 0 amide bonds. The SMILES string of the molecule is CC/C=C\C/C=C\C/C=C\C/C=C\CCCCCCCCCCCCCCCCCCC(=O)OCC(COC(=O)CCCCCCCCCCCCCC)OC(=O)CCCCCCCCCCC/C=C\C/C=C\CCCCC. The van der Waals surface area contributed by atoms with Crippen molar-refractivity contribution in [2.24, 2.45) is 0 Å². The molecule has 0 aliphatic rings. The summed E-state index contributed by atoms with van der Waals surface area (Å²) in [6.07, 6.45) is 86.4. The first-order valence-electron chi connectivity index (χ1n) is 33.9. The molecule has 0 rings (SSSR count). The monoisotopic (exact) mass is 1090 g/mol. The number of carbonyl (C=O) groups excluding carboxylic acids is 3. The van der Waals surface area contributed by atoms with Crippen LogP contribution < -0.4 is 0 Å². The van der Waals surface area contributed by atoms with Crippen LogP contribution in [-0.2, 0) is 28.6 Å². The van der Waals surface area contributed by atoms with Gasteiger partial charge in [0.05, 0.1) is 0 Å². The van der Waals surface area contributed by atoms with Crippen LogP contribution in [-0.4, -0.2) is 37.2 Å². The normalized spacial score (nSPS) is 12.5. The molecule has 0 heterocycles. The number of rotatable bonds is 62. The Hall–Kier alpha value is -3.15. The highest BCUT2D eigenvalue weighted by atomic mass is 16.6. The van der Waals surface area contributed by atoms with Crippen LogP contribution in [0.2, 0.25) is 0 Å².